The molecule has 0 atom stereocenters. The van der Waals surface area contributed by atoms with E-state index in [9.17, 15) is 13.6 Å². The fourth-order valence-electron chi connectivity index (χ4n) is 1.37. The predicted octanol–water partition coefficient (Wildman–Crippen LogP) is 2.62. The number of rotatable bonds is 4. The van der Waals surface area contributed by atoms with Crippen LogP contribution in [0.25, 0.3) is 0 Å². The Kier molecular flexibility index (Phi) is 3.62. The van der Waals surface area contributed by atoms with Crippen LogP contribution in [0.3, 0.4) is 0 Å². The van der Waals surface area contributed by atoms with Gasteiger partial charge >= 0.3 is 0 Å². The first-order chi connectivity index (χ1) is 8.66. The Morgan fingerprint density at radius 1 is 1.22 bits per heavy atom. The normalized spacial score (nSPS) is 10.1. The van der Waals surface area contributed by atoms with Crippen LogP contribution in [0.4, 0.5) is 8.78 Å². The number of pyridine rings is 1. The number of hydrogen-bond donors (Lipinski definition) is 0. The Morgan fingerprint density at radius 2 is 1.94 bits per heavy atom. The first kappa shape index (κ1) is 12.2. The van der Waals surface area contributed by atoms with Gasteiger partial charge in [0.2, 0.25) is 11.7 Å². The van der Waals surface area contributed by atoms with Gasteiger partial charge in [0.25, 0.3) is 0 Å². The highest BCUT2D eigenvalue weighted by Crippen LogP contribution is 2.11. The van der Waals surface area contributed by atoms with Gasteiger partial charge < -0.3 is 4.74 Å². The van der Waals surface area contributed by atoms with Crippen molar-refractivity contribution in [3.8, 4) is 5.75 Å². The molecule has 0 saturated heterocycles. The highest BCUT2D eigenvalue weighted by atomic mass is 19.1. The van der Waals surface area contributed by atoms with E-state index in [4.69, 9.17) is 4.74 Å². The van der Waals surface area contributed by atoms with Crippen molar-refractivity contribution in [2.75, 3.05) is 6.61 Å². The van der Waals surface area contributed by atoms with Crippen LogP contribution in [0.15, 0.2) is 42.6 Å². The SMILES string of the molecule is O=C(COc1ccccc1)c1cc(F)ncc1F. The van der Waals surface area contributed by atoms with E-state index in [-0.39, 0.29) is 12.2 Å². The van der Waals surface area contributed by atoms with Crippen molar-refractivity contribution in [2.45, 2.75) is 0 Å². The van der Waals surface area contributed by atoms with Gasteiger partial charge in [0, 0.05) is 6.07 Å². The molecule has 92 valence electrons. The van der Waals surface area contributed by atoms with Crippen LogP contribution in [-0.2, 0) is 0 Å². The summed E-state index contributed by atoms with van der Waals surface area (Å²) in [5.41, 5.74) is -0.363. The van der Waals surface area contributed by atoms with Crippen LogP contribution in [-0.4, -0.2) is 17.4 Å². The Bertz CT molecular complexity index is 558. The summed E-state index contributed by atoms with van der Waals surface area (Å²) in [6.45, 7) is -0.357. The topological polar surface area (TPSA) is 39.2 Å². The van der Waals surface area contributed by atoms with E-state index in [1.54, 1.807) is 30.3 Å². The lowest BCUT2D eigenvalue weighted by Gasteiger charge is -2.05. The monoisotopic (exact) mass is 249 g/mol. The lowest BCUT2D eigenvalue weighted by Crippen LogP contribution is -2.14. The van der Waals surface area contributed by atoms with Crippen molar-refractivity contribution >= 4 is 5.78 Å². The summed E-state index contributed by atoms with van der Waals surface area (Å²) in [7, 11) is 0. The second-order valence-corrected chi connectivity index (χ2v) is 3.51. The van der Waals surface area contributed by atoms with E-state index in [0.29, 0.717) is 11.9 Å². The van der Waals surface area contributed by atoms with Gasteiger partial charge in [0.15, 0.2) is 12.4 Å². The molecule has 0 saturated carbocycles. The van der Waals surface area contributed by atoms with Crippen LogP contribution in [0.2, 0.25) is 0 Å². The zero-order chi connectivity index (χ0) is 13.0. The zero-order valence-corrected chi connectivity index (χ0v) is 9.27. The maximum Gasteiger partial charge on any atom is 0.213 e. The Labute approximate surface area is 102 Å². The summed E-state index contributed by atoms with van der Waals surface area (Å²) in [6.07, 6.45) is 0.672. The third kappa shape index (κ3) is 2.88. The number of ether oxygens (including phenoxy) is 1. The Morgan fingerprint density at radius 3 is 2.67 bits per heavy atom. The third-order valence-electron chi connectivity index (χ3n) is 2.24. The largest absolute Gasteiger partial charge is 0.485 e. The highest BCUT2D eigenvalue weighted by Gasteiger charge is 2.14. The van der Waals surface area contributed by atoms with Crippen LogP contribution >= 0.6 is 0 Å². The molecule has 18 heavy (non-hydrogen) atoms. The molecule has 1 aromatic heterocycles. The minimum atomic E-state index is -0.903. The standard InChI is InChI=1S/C13H9F2NO2/c14-11-7-16-13(15)6-10(11)12(17)8-18-9-4-2-1-3-5-9/h1-7H,8H2. The fraction of sp³-hybridized carbons (Fsp3) is 0.0769. The van der Waals surface area contributed by atoms with E-state index in [0.717, 1.165) is 6.07 Å². The minimum Gasteiger partial charge on any atom is -0.485 e. The number of benzene rings is 1. The van der Waals surface area contributed by atoms with Gasteiger partial charge in [-0.25, -0.2) is 9.37 Å². The molecule has 0 N–H and O–H groups in total. The molecular weight excluding hydrogens is 240 g/mol. The van der Waals surface area contributed by atoms with Crippen molar-refractivity contribution in [1.29, 1.82) is 0 Å². The number of halogens is 2. The highest BCUT2D eigenvalue weighted by molar-refractivity contribution is 5.97. The molecular formula is C13H9F2NO2. The van der Waals surface area contributed by atoms with Crippen molar-refractivity contribution in [1.82, 2.24) is 4.98 Å². The number of carbonyl (C=O) groups is 1. The fourth-order valence-corrected chi connectivity index (χ4v) is 1.37. The van der Waals surface area contributed by atoms with E-state index in [2.05, 4.69) is 4.98 Å². The van der Waals surface area contributed by atoms with Crippen LogP contribution in [0, 0.1) is 11.8 Å². The number of aromatic nitrogens is 1. The van der Waals surface area contributed by atoms with Gasteiger partial charge in [0.1, 0.15) is 5.75 Å². The lowest BCUT2D eigenvalue weighted by atomic mass is 10.2. The lowest BCUT2D eigenvalue weighted by molar-refractivity contribution is 0.0916. The molecule has 0 radical (unpaired) electrons. The summed E-state index contributed by atoms with van der Waals surface area (Å²) in [6, 6.07) is 9.37. The number of Topliss-reactive ketones (excluding diaryl/α,β-unsaturated/α-hetero) is 1. The summed E-state index contributed by atoms with van der Waals surface area (Å²) in [4.78, 5) is 14.7. The number of ketones is 1. The van der Waals surface area contributed by atoms with Gasteiger partial charge in [-0.15, -0.1) is 0 Å². The smallest absolute Gasteiger partial charge is 0.213 e. The second-order valence-electron chi connectivity index (χ2n) is 3.51. The van der Waals surface area contributed by atoms with Crippen molar-refractivity contribution in [3.05, 3.63) is 59.9 Å². The summed E-state index contributed by atoms with van der Waals surface area (Å²) < 4.78 is 31.2. The molecule has 1 heterocycles. The second kappa shape index (κ2) is 5.35. The van der Waals surface area contributed by atoms with E-state index in [1.807, 2.05) is 0 Å². The van der Waals surface area contributed by atoms with Crippen LogP contribution in [0.1, 0.15) is 10.4 Å². The van der Waals surface area contributed by atoms with Crippen LogP contribution < -0.4 is 4.74 Å². The molecule has 0 aliphatic heterocycles. The first-order valence-corrected chi connectivity index (χ1v) is 5.19. The molecule has 0 spiro atoms. The van der Waals surface area contributed by atoms with Gasteiger partial charge in [-0.1, -0.05) is 18.2 Å². The molecule has 0 aliphatic rings. The quantitative estimate of drug-likeness (QED) is 0.617. The van der Waals surface area contributed by atoms with E-state index < -0.39 is 17.5 Å². The molecule has 1 aromatic carbocycles. The average Bonchev–Trinajstić information content (AvgIpc) is 2.40. The molecule has 0 amide bonds. The van der Waals surface area contributed by atoms with Crippen molar-refractivity contribution < 1.29 is 18.3 Å². The molecule has 2 aromatic rings. The van der Waals surface area contributed by atoms with Gasteiger partial charge in [-0.2, -0.15) is 4.39 Å². The van der Waals surface area contributed by atoms with E-state index in [1.165, 1.54) is 0 Å². The maximum atomic E-state index is 13.2. The van der Waals surface area contributed by atoms with Gasteiger partial charge in [0.05, 0.1) is 11.8 Å². The Balaban J connectivity index is 2.06. The molecule has 0 unspecified atom stereocenters. The third-order valence-corrected chi connectivity index (χ3v) is 2.24. The number of carbonyl (C=O) groups excluding carboxylic acids is 1. The molecule has 2 rings (SSSR count). The minimum absolute atomic E-state index is 0.357. The number of hydrogen-bond acceptors (Lipinski definition) is 3. The molecule has 0 aliphatic carbocycles. The molecule has 0 fully saturated rings. The van der Waals surface area contributed by atoms with Gasteiger partial charge in [-0.05, 0) is 12.1 Å². The predicted molar refractivity (Wildman–Crippen MR) is 60.4 cm³/mol. The summed E-state index contributed by atoms with van der Waals surface area (Å²) in [5.74, 6) is -1.92. The van der Waals surface area contributed by atoms with Crippen molar-refractivity contribution in [3.63, 3.8) is 0 Å². The molecule has 0 bridgehead atoms. The van der Waals surface area contributed by atoms with E-state index >= 15 is 0 Å². The van der Waals surface area contributed by atoms with Crippen molar-refractivity contribution in [2.24, 2.45) is 0 Å². The number of para-hydroxylation sites is 1. The zero-order valence-electron chi connectivity index (χ0n) is 9.27. The van der Waals surface area contributed by atoms with Crippen LogP contribution in [0.5, 0.6) is 5.75 Å². The Hall–Kier alpha value is -2.30. The number of nitrogens with zero attached hydrogens (tertiary/aromatic N) is 1. The first-order valence-electron chi connectivity index (χ1n) is 5.19. The average molecular weight is 249 g/mol. The summed E-state index contributed by atoms with van der Waals surface area (Å²) >= 11 is 0. The molecule has 5 heteroatoms. The molecule has 3 nitrogen and oxygen atoms in total. The maximum absolute atomic E-state index is 13.2. The summed E-state index contributed by atoms with van der Waals surface area (Å²) in [5, 5.41) is 0. The van der Waals surface area contributed by atoms with Gasteiger partial charge in [-0.3, -0.25) is 4.79 Å².